The third-order valence-electron chi connectivity index (χ3n) is 3.47. The molecular formula is C16H17ClN2O3S. The molecular weight excluding hydrogens is 336 g/mol. The molecule has 0 spiro atoms. The lowest BCUT2D eigenvalue weighted by Crippen LogP contribution is -2.52. The molecule has 23 heavy (non-hydrogen) atoms. The fraction of sp³-hybridized carbons (Fsp3) is 0.312. The fourth-order valence-electron chi connectivity index (χ4n) is 1.91. The maximum atomic E-state index is 12.1. The van der Waals surface area contributed by atoms with Crippen molar-refractivity contribution in [1.29, 1.82) is 0 Å². The molecule has 1 aliphatic rings. The Morgan fingerprint density at radius 2 is 2.13 bits per heavy atom. The number of carbonyl (C=O) groups excluding carboxylic acids is 2. The maximum absolute atomic E-state index is 12.1. The van der Waals surface area contributed by atoms with Crippen molar-refractivity contribution in [3.63, 3.8) is 0 Å². The molecule has 1 aliphatic heterocycles. The summed E-state index contributed by atoms with van der Waals surface area (Å²) in [6.45, 7) is 3.97. The first-order valence-electron chi connectivity index (χ1n) is 7.14. The van der Waals surface area contributed by atoms with E-state index >= 15 is 0 Å². The second-order valence-electron chi connectivity index (χ2n) is 5.21. The molecule has 1 saturated heterocycles. The molecule has 0 radical (unpaired) electrons. The molecule has 0 bridgehead atoms. The Balaban J connectivity index is 2.29. The molecule has 1 aromatic rings. The van der Waals surface area contributed by atoms with Crippen molar-refractivity contribution in [3.05, 3.63) is 34.4 Å². The number of thiocarbonyl (C=S) groups is 1. The van der Waals surface area contributed by atoms with Gasteiger partial charge in [0.15, 0.2) is 5.11 Å². The lowest BCUT2D eigenvalue weighted by molar-refractivity contribution is -0.128. The second-order valence-corrected chi connectivity index (χ2v) is 6.00. The van der Waals surface area contributed by atoms with Crippen LogP contribution in [0, 0.1) is 0 Å². The summed E-state index contributed by atoms with van der Waals surface area (Å²) in [4.78, 5) is 25.3. The van der Waals surface area contributed by atoms with Gasteiger partial charge in [0.1, 0.15) is 11.3 Å². The summed E-state index contributed by atoms with van der Waals surface area (Å²) in [7, 11) is 1.51. The van der Waals surface area contributed by atoms with E-state index in [4.69, 9.17) is 28.6 Å². The molecule has 122 valence electrons. The van der Waals surface area contributed by atoms with E-state index in [0.717, 1.165) is 6.42 Å². The molecule has 0 saturated carbocycles. The summed E-state index contributed by atoms with van der Waals surface area (Å²) >= 11 is 11.1. The number of benzene rings is 1. The molecule has 1 heterocycles. The molecule has 0 unspecified atom stereocenters. The number of rotatable bonds is 4. The van der Waals surface area contributed by atoms with Crippen LogP contribution in [0.25, 0.3) is 6.08 Å². The van der Waals surface area contributed by atoms with Crippen molar-refractivity contribution in [3.8, 4) is 5.75 Å². The second kappa shape index (κ2) is 7.10. The van der Waals surface area contributed by atoms with E-state index in [2.05, 4.69) is 5.32 Å². The number of carbonyl (C=O) groups is 2. The Bertz CT molecular complexity index is 703. The number of ether oxygens (including phenoxy) is 1. The summed E-state index contributed by atoms with van der Waals surface area (Å²) in [5, 5.41) is 2.97. The number of nitrogens with zero attached hydrogens (tertiary/aromatic N) is 1. The zero-order valence-corrected chi connectivity index (χ0v) is 14.6. The highest BCUT2D eigenvalue weighted by Crippen LogP contribution is 2.28. The fourth-order valence-corrected chi connectivity index (χ4v) is 2.32. The van der Waals surface area contributed by atoms with Crippen LogP contribution in [0.5, 0.6) is 5.75 Å². The minimum Gasteiger partial charge on any atom is -0.489 e. The van der Waals surface area contributed by atoms with Gasteiger partial charge in [0, 0.05) is 7.05 Å². The van der Waals surface area contributed by atoms with E-state index in [1.165, 1.54) is 18.0 Å². The van der Waals surface area contributed by atoms with Crippen LogP contribution in [-0.2, 0) is 9.59 Å². The number of likely N-dealkylation sites (N-methyl/N-ethyl adjacent to an activating group) is 1. The van der Waals surface area contributed by atoms with Gasteiger partial charge in [0.05, 0.1) is 11.1 Å². The highest BCUT2D eigenvalue weighted by atomic mass is 35.5. The van der Waals surface area contributed by atoms with Gasteiger partial charge < -0.3 is 4.74 Å². The van der Waals surface area contributed by atoms with E-state index < -0.39 is 11.8 Å². The van der Waals surface area contributed by atoms with Gasteiger partial charge >= 0.3 is 0 Å². The van der Waals surface area contributed by atoms with Crippen molar-refractivity contribution in [2.45, 2.75) is 26.4 Å². The van der Waals surface area contributed by atoms with Crippen LogP contribution in [0.1, 0.15) is 25.8 Å². The molecule has 7 heteroatoms. The zero-order valence-electron chi connectivity index (χ0n) is 13.1. The van der Waals surface area contributed by atoms with Crippen molar-refractivity contribution in [2.75, 3.05) is 7.05 Å². The first-order chi connectivity index (χ1) is 10.8. The lowest BCUT2D eigenvalue weighted by atomic mass is 10.1. The Morgan fingerprint density at radius 1 is 1.43 bits per heavy atom. The summed E-state index contributed by atoms with van der Waals surface area (Å²) in [6, 6.07) is 5.12. The largest absolute Gasteiger partial charge is 0.489 e. The molecule has 1 aromatic carbocycles. The maximum Gasteiger partial charge on any atom is 0.265 e. The molecule has 5 nitrogen and oxygen atoms in total. The van der Waals surface area contributed by atoms with Crippen molar-refractivity contribution < 1.29 is 14.3 Å². The first-order valence-corrected chi connectivity index (χ1v) is 7.93. The molecule has 2 rings (SSSR count). The van der Waals surface area contributed by atoms with Crippen molar-refractivity contribution in [1.82, 2.24) is 10.2 Å². The van der Waals surface area contributed by atoms with E-state index in [0.29, 0.717) is 16.3 Å². The van der Waals surface area contributed by atoms with Crippen LogP contribution in [-0.4, -0.2) is 35.0 Å². The molecule has 0 aliphatic carbocycles. The van der Waals surface area contributed by atoms with E-state index in [-0.39, 0.29) is 16.8 Å². The SMILES string of the molecule is CC[C@H](C)Oc1ccc(/C=C2\C(=O)NC(=S)N(C)C2=O)cc1Cl. The monoisotopic (exact) mass is 352 g/mol. The van der Waals surface area contributed by atoms with Gasteiger partial charge in [-0.1, -0.05) is 24.6 Å². The predicted octanol–water partition coefficient (Wildman–Crippen LogP) is 2.77. The number of halogens is 1. The lowest BCUT2D eigenvalue weighted by Gasteiger charge is -2.25. The quantitative estimate of drug-likeness (QED) is 0.514. The zero-order chi connectivity index (χ0) is 17.1. The first kappa shape index (κ1) is 17.4. The molecule has 0 aromatic heterocycles. The van der Waals surface area contributed by atoms with Gasteiger partial charge in [-0.05, 0) is 49.3 Å². The van der Waals surface area contributed by atoms with Gasteiger partial charge in [0.25, 0.3) is 11.8 Å². The Labute approximate surface area is 145 Å². The standard InChI is InChI=1S/C16H17ClN2O3S/c1-4-9(2)22-13-6-5-10(8-12(13)17)7-11-14(20)18-16(23)19(3)15(11)21/h5-9H,4H2,1-3H3,(H,18,20,23)/b11-7+/t9-/m0/s1. The average Bonchev–Trinajstić information content (AvgIpc) is 2.51. The highest BCUT2D eigenvalue weighted by Gasteiger charge is 2.30. The van der Waals surface area contributed by atoms with Crippen LogP contribution in [0.15, 0.2) is 23.8 Å². The molecule has 2 amide bonds. The van der Waals surface area contributed by atoms with Gasteiger partial charge in [0.2, 0.25) is 0 Å². The van der Waals surface area contributed by atoms with Crippen LogP contribution in [0.4, 0.5) is 0 Å². The van der Waals surface area contributed by atoms with Gasteiger partial charge in [-0.2, -0.15) is 0 Å². The molecule has 1 atom stereocenters. The summed E-state index contributed by atoms with van der Waals surface area (Å²) in [6.07, 6.45) is 2.40. The summed E-state index contributed by atoms with van der Waals surface area (Å²) in [5.41, 5.74) is 0.638. The van der Waals surface area contributed by atoms with Gasteiger partial charge in [-0.15, -0.1) is 0 Å². The smallest absolute Gasteiger partial charge is 0.265 e. The summed E-state index contributed by atoms with van der Waals surface area (Å²) < 4.78 is 5.69. The topological polar surface area (TPSA) is 58.6 Å². The summed E-state index contributed by atoms with van der Waals surface area (Å²) in [5.74, 6) is -0.398. The molecule has 1 fully saturated rings. The third kappa shape index (κ3) is 3.89. The minimum atomic E-state index is -0.519. The number of nitrogens with one attached hydrogen (secondary N) is 1. The van der Waals surface area contributed by atoms with Crippen LogP contribution < -0.4 is 10.1 Å². The number of hydrogen-bond donors (Lipinski definition) is 1. The Hall–Kier alpha value is -1.92. The van der Waals surface area contributed by atoms with Crippen LogP contribution in [0.2, 0.25) is 5.02 Å². The van der Waals surface area contributed by atoms with Crippen molar-refractivity contribution >= 4 is 46.8 Å². The minimum absolute atomic E-state index is 0.00719. The Kier molecular flexibility index (Phi) is 5.38. The van der Waals surface area contributed by atoms with E-state index in [1.54, 1.807) is 18.2 Å². The highest BCUT2D eigenvalue weighted by molar-refractivity contribution is 7.80. The predicted molar refractivity (Wildman–Crippen MR) is 93.3 cm³/mol. The number of amides is 2. The average molecular weight is 353 g/mol. The van der Waals surface area contributed by atoms with Crippen molar-refractivity contribution in [2.24, 2.45) is 0 Å². The van der Waals surface area contributed by atoms with Crippen LogP contribution in [0.3, 0.4) is 0 Å². The van der Waals surface area contributed by atoms with Gasteiger partial charge in [-0.3, -0.25) is 19.8 Å². The van der Waals surface area contributed by atoms with Gasteiger partial charge in [-0.25, -0.2) is 0 Å². The normalized spacial score (nSPS) is 18.2. The third-order valence-corrected chi connectivity index (χ3v) is 4.15. The Morgan fingerprint density at radius 3 is 2.74 bits per heavy atom. The number of hydrogen-bond acceptors (Lipinski definition) is 4. The molecule has 1 N–H and O–H groups in total. The van der Waals surface area contributed by atoms with Crippen LogP contribution >= 0.6 is 23.8 Å². The van der Waals surface area contributed by atoms with E-state index in [9.17, 15) is 9.59 Å². The van der Waals surface area contributed by atoms with E-state index in [1.807, 2.05) is 13.8 Å².